The van der Waals surface area contributed by atoms with E-state index in [-0.39, 0.29) is 12.3 Å². The molecule has 1 fully saturated rings. The molecular weight excluding hydrogens is 344 g/mol. The maximum atomic E-state index is 11.6. The average Bonchev–Trinajstić information content (AvgIpc) is 2.91. The zero-order valence-corrected chi connectivity index (χ0v) is 13.6. The van der Waals surface area contributed by atoms with Crippen LogP contribution in [-0.4, -0.2) is 16.1 Å². The minimum absolute atomic E-state index is 0.0165. The van der Waals surface area contributed by atoms with Crippen LogP contribution in [0.5, 0.6) is 5.75 Å². The Morgan fingerprint density at radius 3 is 2.48 bits per heavy atom. The molecule has 1 heterocycles. The molecule has 2 amide bonds. The number of amides is 2. The third-order valence-electron chi connectivity index (χ3n) is 3.39. The monoisotopic (exact) mass is 356 g/mol. The van der Waals surface area contributed by atoms with Gasteiger partial charge in [0.1, 0.15) is 12.4 Å². The van der Waals surface area contributed by atoms with Crippen molar-refractivity contribution in [3.63, 3.8) is 0 Å². The third kappa shape index (κ3) is 4.04. The molecule has 0 radical (unpaired) electrons. The van der Waals surface area contributed by atoms with Crippen molar-refractivity contribution in [1.82, 2.24) is 5.32 Å². The molecular formula is C17H12N2O5S. The molecule has 25 heavy (non-hydrogen) atoms. The normalized spacial score (nSPS) is 15.3. The fourth-order valence-electron chi connectivity index (χ4n) is 2.17. The van der Waals surface area contributed by atoms with Crippen molar-refractivity contribution in [2.45, 2.75) is 6.61 Å². The maximum Gasteiger partial charge on any atom is 0.290 e. The number of nitrogens with one attached hydrogen (secondary N) is 1. The lowest BCUT2D eigenvalue weighted by molar-refractivity contribution is -0.384. The van der Waals surface area contributed by atoms with Gasteiger partial charge < -0.3 is 4.74 Å². The zero-order valence-electron chi connectivity index (χ0n) is 12.8. The molecule has 0 atom stereocenters. The maximum absolute atomic E-state index is 11.6. The molecule has 1 aliphatic rings. The first-order valence-corrected chi connectivity index (χ1v) is 8.04. The van der Waals surface area contributed by atoms with Gasteiger partial charge in [0.25, 0.3) is 16.8 Å². The smallest absolute Gasteiger partial charge is 0.290 e. The van der Waals surface area contributed by atoms with Gasteiger partial charge in [-0.3, -0.25) is 25.0 Å². The summed E-state index contributed by atoms with van der Waals surface area (Å²) < 4.78 is 5.76. The molecule has 0 aromatic heterocycles. The molecule has 2 aromatic carbocycles. The number of benzene rings is 2. The van der Waals surface area contributed by atoms with E-state index in [2.05, 4.69) is 5.32 Å². The number of imide groups is 1. The van der Waals surface area contributed by atoms with Crippen LogP contribution in [0.3, 0.4) is 0 Å². The van der Waals surface area contributed by atoms with Crippen molar-refractivity contribution in [1.29, 1.82) is 0 Å². The second-order valence-corrected chi connectivity index (χ2v) is 6.12. The standard InChI is InChI=1S/C17H12N2O5S/c20-16-15(25-17(21)18-16)9-12-3-1-2-4-14(12)24-10-11-5-7-13(8-6-11)19(22)23/h1-9H,10H2,(H,18,20,21)/b15-9-. The van der Waals surface area contributed by atoms with E-state index in [9.17, 15) is 19.7 Å². The minimum Gasteiger partial charge on any atom is -0.488 e. The molecule has 3 rings (SSSR count). The number of nitro benzene ring substituents is 1. The number of carbonyl (C=O) groups is 2. The first kappa shape index (κ1) is 16.7. The van der Waals surface area contributed by atoms with Crippen LogP contribution in [-0.2, 0) is 11.4 Å². The summed E-state index contributed by atoms with van der Waals surface area (Å²) in [4.78, 5) is 33.4. The first-order valence-electron chi connectivity index (χ1n) is 7.23. The molecule has 126 valence electrons. The number of hydrogen-bond donors (Lipinski definition) is 1. The topological polar surface area (TPSA) is 98.5 Å². The van der Waals surface area contributed by atoms with Crippen LogP contribution in [0.25, 0.3) is 6.08 Å². The molecule has 7 nitrogen and oxygen atoms in total. The molecule has 0 aliphatic carbocycles. The van der Waals surface area contributed by atoms with Crippen molar-refractivity contribution in [2.75, 3.05) is 0 Å². The van der Waals surface area contributed by atoms with Crippen molar-refractivity contribution in [2.24, 2.45) is 0 Å². The van der Waals surface area contributed by atoms with E-state index in [0.29, 0.717) is 16.2 Å². The Morgan fingerprint density at radius 2 is 1.84 bits per heavy atom. The van der Waals surface area contributed by atoms with E-state index < -0.39 is 16.1 Å². The third-order valence-corrected chi connectivity index (χ3v) is 4.20. The Morgan fingerprint density at radius 1 is 1.12 bits per heavy atom. The molecule has 0 spiro atoms. The number of hydrogen-bond acceptors (Lipinski definition) is 6. The summed E-state index contributed by atoms with van der Waals surface area (Å²) in [7, 11) is 0. The molecule has 0 bridgehead atoms. The molecule has 1 aliphatic heterocycles. The SMILES string of the molecule is O=C1NC(=O)/C(=C/c2ccccc2OCc2ccc([N+](=O)[O-])cc2)S1. The van der Waals surface area contributed by atoms with Gasteiger partial charge in [-0.1, -0.05) is 18.2 Å². The number of thioether (sulfide) groups is 1. The second-order valence-electron chi connectivity index (χ2n) is 5.10. The van der Waals surface area contributed by atoms with Crippen LogP contribution in [0.4, 0.5) is 10.5 Å². The van der Waals surface area contributed by atoms with E-state index in [1.54, 1.807) is 42.5 Å². The first-order chi connectivity index (χ1) is 12.0. The second kappa shape index (κ2) is 7.18. The van der Waals surface area contributed by atoms with Crippen LogP contribution in [0.2, 0.25) is 0 Å². The summed E-state index contributed by atoms with van der Waals surface area (Å²) in [6.07, 6.45) is 1.59. The lowest BCUT2D eigenvalue weighted by Gasteiger charge is -2.09. The summed E-state index contributed by atoms with van der Waals surface area (Å²) in [5, 5.41) is 12.5. The molecule has 0 unspecified atom stereocenters. The lowest BCUT2D eigenvalue weighted by atomic mass is 10.1. The van der Waals surface area contributed by atoms with E-state index >= 15 is 0 Å². The van der Waals surface area contributed by atoms with Gasteiger partial charge in [0.05, 0.1) is 9.83 Å². The summed E-state index contributed by atoms with van der Waals surface area (Å²) >= 11 is 0.838. The van der Waals surface area contributed by atoms with Crippen LogP contribution in [0, 0.1) is 10.1 Å². The number of nitro groups is 1. The Kier molecular flexibility index (Phi) is 4.80. The number of non-ortho nitro benzene ring substituents is 1. The fraction of sp³-hybridized carbons (Fsp3) is 0.0588. The Bertz CT molecular complexity index is 877. The van der Waals surface area contributed by atoms with Gasteiger partial charge in [-0.05, 0) is 41.6 Å². The summed E-state index contributed by atoms with van der Waals surface area (Å²) in [6.45, 7) is 0.219. The quantitative estimate of drug-likeness (QED) is 0.500. The highest BCUT2D eigenvalue weighted by atomic mass is 32.2. The summed E-state index contributed by atoms with van der Waals surface area (Å²) in [5.74, 6) is 0.112. The van der Waals surface area contributed by atoms with Gasteiger partial charge in [-0.15, -0.1) is 0 Å². The predicted molar refractivity (Wildman–Crippen MR) is 93.0 cm³/mol. The Hall–Kier alpha value is -3.13. The zero-order chi connectivity index (χ0) is 17.8. The number of ether oxygens (including phenoxy) is 1. The van der Waals surface area contributed by atoms with Crippen molar-refractivity contribution >= 4 is 34.7 Å². The Balaban J connectivity index is 1.75. The van der Waals surface area contributed by atoms with Crippen LogP contribution < -0.4 is 10.1 Å². The van der Waals surface area contributed by atoms with E-state index in [4.69, 9.17) is 4.74 Å². The van der Waals surface area contributed by atoms with Gasteiger partial charge in [-0.2, -0.15) is 0 Å². The van der Waals surface area contributed by atoms with Crippen LogP contribution in [0.1, 0.15) is 11.1 Å². The highest BCUT2D eigenvalue weighted by Crippen LogP contribution is 2.29. The lowest BCUT2D eigenvalue weighted by Crippen LogP contribution is -2.17. The number of carbonyl (C=O) groups excluding carboxylic acids is 2. The van der Waals surface area contributed by atoms with Crippen molar-refractivity contribution in [3.05, 3.63) is 74.7 Å². The van der Waals surface area contributed by atoms with Crippen LogP contribution >= 0.6 is 11.8 Å². The fourth-order valence-corrected chi connectivity index (χ4v) is 2.84. The molecule has 8 heteroatoms. The highest BCUT2D eigenvalue weighted by Gasteiger charge is 2.25. The van der Waals surface area contributed by atoms with Gasteiger partial charge in [0.15, 0.2) is 0 Å². The summed E-state index contributed by atoms with van der Waals surface area (Å²) in [5.41, 5.74) is 1.45. The molecule has 1 N–H and O–H groups in total. The molecule has 1 saturated heterocycles. The number of rotatable bonds is 5. The summed E-state index contributed by atoms with van der Waals surface area (Å²) in [6, 6.07) is 13.2. The number of para-hydroxylation sites is 1. The van der Waals surface area contributed by atoms with Crippen LogP contribution in [0.15, 0.2) is 53.4 Å². The number of nitrogens with zero attached hydrogens (tertiary/aromatic N) is 1. The predicted octanol–water partition coefficient (Wildman–Crippen LogP) is 3.50. The van der Waals surface area contributed by atoms with Gasteiger partial charge >= 0.3 is 0 Å². The van der Waals surface area contributed by atoms with Gasteiger partial charge in [-0.25, -0.2) is 0 Å². The minimum atomic E-state index is -0.461. The van der Waals surface area contributed by atoms with E-state index in [1.807, 2.05) is 0 Å². The Labute approximate surface area is 146 Å². The van der Waals surface area contributed by atoms with Crippen molar-refractivity contribution < 1.29 is 19.2 Å². The highest BCUT2D eigenvalue weighted by molar-refractivity contribution is 8.18. The molecule has 2 aromatic rings. The van der Waals surface area contributed by atoms with Gasteiger partial charge in [0, 0.05) is 17.7 Å². The molecule has 0 saturated carbocycles. The van der Waals surface area contributed by atoms with E-state index in [1.165, 1.54) is 12.1 Å². The van der Waals surface area contributed by atoms with Gasteiger partial charge in [0.2, 0.25) is 0 Å². The average molecular weight is 356 g/mol. The largest absolute Gasteiger partial charge is 0.488 e. The van der Waals surface area contributed by atoms with Crippen molar-refractivity contribution in [3.8, 4) is 5.75 Å². The van der Waals surface area contributed by atoms with E-state index in [0.717, 1.165) is 17.3 Å².